The number of carbonyl (C=O) groups is 1. The van der Waals surface area contributed by atoms with Gasteiger partial charge in [0, 0.05) is 26.2 Å². The fraction of sp³-hybridized carbons (Fsp3) is 0.350. The number of hydrogen-bond donors (Lipinski definition) is 0. The van der Waals surface area contributed by atoms with Crippen molar-refractivity contribution in [1.82, 2.24) is 9.21 Å². The summed E-state index contributed by atoms with van der Waals surface area (Å²) >= 11 is 5.58. The zero-order chi connectivity index (χ0) is 22.8. The van der Waals surface area contributed by atoms with Gasteiger partial charge in [-0.05, 0) is 37.3 Å². The minimum atomic E-state index is -4.78. The van der Waals surface area contributed by atoms with Crippen molar-refractivity contribution < 1.29 is 31.1 Å². The largest absolute Gasteiger partial charge is 0.493 e. The second kappa shape index (κ2) is 9.05. The molecule has 2 aromatic carbocycles. The van der Waals surface area contributed by atoms with Crippen LogP contribution in [0.3, 0.4) is 0 Å². The Balaban J connectivity index is 1.76. The van der Waals surface area contributed by atoms with Crippen molar-refractivity contribution in [3.63, 3.8) is 0 Å². The molecule has 0 atom stereocenters. The van der Waals surface area contributed by atoms with Crippen molar-refractivity contribution in [2.75, 3.05) is 32.8 Å². The Labute approximate surface area is 183 Å². The van der Waals surface area contributed by atoms with Gasteiger partial charge in [0.1, 0.15) is 5.75 Å². The third-order valence-electron chi connectivity index (χ3n) is 4.82. The van der Waals surface area contributed by atoms with Gasteiger partial charge in [-0.2, -0.15) is 17.5 Å². The normalized spacial score (nSPS) is 15.7. The van der Waals surface area contributed by atoms with Gasteiger partial charge in [-0.25, -0.2) is 8.42 Å². The number of hydrogen-bond acceptors (Lipinski definition) is 4. The van der Waals surface area contributed by atoms with Gasteiger partial charge in [0.15, 0.2) is 0 Å². The molecule has 31 heavy (non-hydrogen) atoms. The van der Waals surface area contributed by atoms with Gasteiger partial charge in [0.2, 0.25) is 10.0 Å². The molecule has 6 nitrogen and oxygen atoms in total. The molecule has 1 aliphatic heterocycles. The summed E-state index contributed by atoms with van der Waals surface area (Å²) in [6.45, 7) is 2.28. The molecule has 1 saturated heterocycles. The molecule has 0 aliphatic carbocycles. The van der Waals surface area contributed by atoms with Gasteiger partial charge in [-0.15, -0.1) is 0 Å². The topological polar surface area (TPSA) is 66.9 Å². The maximum absolute atomic E-state index is 13.1. The molecule has 2 aromatic rings. The van der Waals surface area contributed by atoms with Crippen LogP contribution in [0, 0.1) is 0 Å². The summed E-state index contributed by atoms with van der Waals surface area (Å²) in [4.78, 5) is 13.9. The minimum absolute atomic E-state index is 0.0468. The average molecular weight is 477 g/mol. The van der Waals surface area contributed by atoms with Crippen molar-refractivity contribution in [2.24, 2.45) is 0 Å². The highest BCUT2D eigenvalue weighted by Crippen LogP contribution is 2.36. The lowest BCUT2D eigenvalue weighted by Crippen LogP contribution is -2.50. The molecule has 0 radical (unpaired) electrons. The summed E-state index contributed by atoms with van der Waals surface area (Å²) in [6.07, 6.45) is -4.78. The maximum atomic E-state index is 13.1. The number of rotatable bonds is 5. The fourth-order valence-electron chi connectivity index (χ4n) is 3.26. The number of ether oxygens (including phenoxy) is 1. The third kappa shape index (κ3) is 4.97. The predicted molar refractivity (Wildman–Crippen MR) is 109 cm³/mol. The molecule has 1 heterocycles. The lowest BCUT2D eigenvalue weighted by molar-refractivity contribution is -0.137. The Kier molecular flexibility index (Phi) is 6.82. The number of para-hydroxylation sites is 1. The molecule has 1 fully saturated rings. The molecule has 11 heteroatoms. The number of nitrogens with zero attached hydrogens (tertiary/aromatic N) is 2. The second-order valence-electron chi connectivity index (χ2n) is 6.76. The molecule has 1 aliphatic rings. The highest BCUT2D eigenvalue weighted by molar-refractivity contribution is 7.89. The molecule has 0 N–H and O–H groups in total. The van der Waals surface area contributed by atoms with Crippen molar-refractivity contribution in [3.8, 4) is 5.75 Å². The average Bonchev–Trinajstić information content (AvgIpc) is 2.73. The quantitative estimate of drug-likeness (QED) is 0.656. The van der Waals surface area contributed by atoms with Crippen LogP contribution in [0.5, 0.6) is 5.75 Å². The van der Waals surface area contributed by atoms with Crippen LogP contribution < -0.4 is 4.74 Å². The number of benzene rings is 2. The molecular formula is C20H20ClF3N2O4S. The van der Waals surface area contributed by atoms with Gasteiger partial charge < -0.3 is 9.64 Å². The number of amides is 1. The number of carbonyl (C=O) groups excluding carboxylic acids is 1. The van der Waals surface area contributed by atoms with Crippen LogP contribution >= 0.6 is 11.6 Å². The number of alkyl halides is 3. The first-order valence-corrected chi connectivity index (χ1v) is 11.3. The molecule has 0 spiro atoms. The smallest absolute Gasteiger partial charge is 0.417 e. The van der Waals surface area contributed by atoms with Gasteiger partial charge >= 0.3 is 6.18 Å². The summed E-state index contributed by atoms with van der Waals surface area (Å²) in [5.41, 5.74) is -0.843. The van der Waals surface area contributed by atoms with Gasteiger partial charge in [0.05, 0.1) is 27.7 Å². The summed E-state index contributed by atoms with van der Waals surface area (Å²) in [5.74, 6) is 0.137. The standard InChI is InChI=1S/C20H20ClF3N2O4S/c1-2-30-18-6-4-3-5-15(18)19(27)25-9-11-26(12-10-25)31(28,29)14-7-8-17(21)16(13-14)20(22,23)24/h3-8,13H,2,9-12H2,1H3. The summed E-state index contributed by atoms with van der Waals surface area (Å²) < 4.78 is 71.6. The van der Waals surface area contributed by atoms with E-state index in [0.717, 1.165) is 16.4 Å². The van der Waals surface area contributed by atoms with E-state index in [-0.39, 0.29) is 32.1 Å². The van der Waals surface area contributed by atoms with E-state index in [4.69, 9.17) is 16.3 Å². The molecule has 0 saturated carbocycles. The Morgan fingerprint density at radius 2 is 1.74 bits per heavy atom. The zero-order valence-corrected chi connectivity index (χ0v) is 18.1. The van der Waals surface area contributed by atoms with E-state index in [0.29, 0.717) is 24.0 Å². The van der Waals surface area contributed by atoms with E-state index in [1.54, 1.807) is 31.2 Å². The molecule has 3 rings (SSSR count). The Hall–Kier alpha value is -2.30. The number of halogens is 4. The highest BCUT2D eigenvalue weighted by atomic mass is 35.5. The van der Waals surface area contributed by atoms with Crippen LogP contribution in [0.1, 0.15) is 22.8 Å². The molecular weight excluding hydrogens is 457 g/mol. The van der Waals surface area contributed by atoms with Crippen molar-refractivity contribution in [3.05, 3.63) is 58.6 Å². The molecule has 168 valence electrons. The van der Waals surface area contributed by atoms with E-state index in [9.17, 15) is 26.4 Å². The van der Waals surface area contributed by atoms with Crippen molar-refractivity contribution in [2.45, 2.75) is 18.0 Å². The first kappa shape index (κ1) is 23.4. The van der Waals surface area contributed by atoms with E-state index < -0.39 is 31.7 Å². The van der Waals surface area contributed by atoms with Gasteiger partial charge in [-0.3, -0.25) is 4.79 Å². The Morgan fingerprint density at radius 1 is 1.10 bits per heavy atom. The summed E-state index contributed by atoms with van der Waals surface area (Å²) in [7, 11) is -4.18. The van der Waals surface area contributed by atoms with Crippen LogP contribution in [0.4, 0.5) is 13.2 Å². The molecule has 0 bridgehead atoms. The lowest BCUT2D eigenvalue weighted by atomic mass is 10.1. The molecule has 0 unspecified atom stereocenters. The predicted octanol–water partition coefficient (Wildman–Crippen LogP) is 3.90. The van der Waals surface area contributed by atoms with Crippen molar-refractivity contribution >= 4 is 27.5 Å². The first-order valence-electron chi connectivity index (χ1n) is 9.43. The molecule has 1 amide bonds. The monoisotopic (exact) mass is 476 g/mol. The van der Waals surface area contributed by atoms with Crippen LogP contribution in [0.15, 0.2) is 47.4 Å². The van der Waals surface area contributed by atoms with Crippen LogP contribution in [0.2, 0.25) is 5.02 Å². The van der Waals surface area contributed by atoms with Gasteiger partial charge in [-0.1, -0.05) is 23.7 Å². The number of sulfonamides is 1. The van der Waals surface area contributed by atoms with Crippen LogP contribution in [-0.4, -0.2) is 56.3 Å². The lowest BCUT2D eigenvalue weighted by Gasteiger charge is -2.34. The SMILES string of the molecule is CCOc1ccccc1C(=O)N1CCN(S(=O)(=O)c2ccc(Cl)c(C(F)(F)F)c2)CC1. The Bertz CT molecular complexity index is 1070. The fourth-order valence-corrected chi connectivity index (χ4v) is 4.93. The maximum Gasteiger partial charge on any atom is 0.417 e. The zero-order valence-electron chi connectivity index (χ0n) is 16.5. The summed E-state index contributed by atoms with van der Waals surface area (Å²) in [5, 5.41) is -0.574. The van der Waals surface area contributed by atoms with E-state index in [1.165, 1.54) is 4.90 Å². The van der Waals surface area contributed by atoms with Crippen LogP contribution in [-0.2, 0) is 16.2 Å². The number of piperazine rings is 1. The van der Waals surface area contributed by atoms with Crippen LogP contribution in [0.25, 0.3) is 0 Å². The van der Waals surface area contributed by atoms with Gasteiger partial charge in [0.25, 0.3) is 5.91 Å². The van der Waals surface area contributed by atoms with E-state index in [2.05, 4.69) is 0 Å². The Morgan fingerprint density at radius 3 is 2.35 bits per heavy atom. The second-order valence-corrected chi connectivity index (χ2v) is 9.11. The van der Waals surface area contributed by atoms with E-state index in [1.807, 2.05) is 0 Å². The third-order valence-corrected chi connectivity index (χ3v) is 7.05. The first-order chi connectivity index (χ1) is 14.6. The summed E-state index contributed by atoms with van der Waals surface area (Å²) in [6, 6.07) is 9.25. The minimum Gasteiger partial charge on any atom is -0.493 e. The van der Waals surface area contributed by atoms with E-state index >= 15 is 0 Å². The highest BCUT2D eigenvalue weighted by Gasteiger charge is 2.36. The molecule has 0 aromatic heterocycles. The van der Waals surface area contributed by atoms with Crippen molar-refractivity contribution in [1.29, 1.82) is 0 Å².